The molecule has 0 radical (unpaired) electrons. The van der Waals surface area contributed by atoms with Crippen LogP contribution in [0.4, 0.5) is 0 Å². The van der Waals surface area contributed by atoms with Crippen LogP contribution < -0.4 is 9.47 Å². The summed E-state index contributed by atoms with van der Waals surface area (Å²) in [5.41, 5.74) is 2.34. The van der Waals surface area contributed by atoms with E-state index < -0.39 is 0 Å². The van der Waals surface area contributed by atoms with Gasteiger partial charge in [-0.1, -0.05) is 43.3 Å². The van der Waals surface area contributed by atoms with Crippen LogP contribution in [0.25, 0.3) is 22.4 Å². The second-order valence-corrected chi connectivity index (χ2v) is 7.46. The second-order valence-electron chi connectivity index (χ2n) is 6.60. The van der Waals surface area contributed by atoms with E-state index in [1.54, 1.807) is 7.11 Å². The minimum atomic E-state index is 0.0823. The quantitative estimate of drug-likeness (QED) is 0.313. The van der Waals surface area contributed by atoms with E-state index in [2.05, 4.69) is 41.1 Å². The molecule has 0 aliphatic heterocycles. The van der Waals surface area contributed by atoms with Crippen LogP contribution in [0.15, 0.2) is 59.1 Å². The number of ether oxygens (including phenoxy) is 2. The lowest BCUT2D eigenvalue weighted by atomic mass is 10.00. The Bertz CT molecular complexity index is 1070. The fourth-order valence-corrected chi connectivity index (χ4v) is 3.48. The summed E-state index contributed by atoms with van der Waals surface area (Å²) in [6.45, 7) is 4.10. The van der Waals surface area contributed by atoms with Crippen molar-refractivity contribution in [1.82, 2.24) is 0 Å². The van der Waals surface area contributed by atoms with Crippen molar-refractivity contribution in [1.29, 1.82) is 5.26 Å². The van der Waals surface area contributed by atoms with Gasteiger partial charge in [0.2, 0.25) is 0 Å². The lowest BCUT2D eigenvalue weighted by molar-refractivity contribution is 0.206. The van der Waals surface area contributed by atoms with Gasteiger partial charge < -0.3 is 9.47 Å². The molecular weight excluding hydrogens is 414 g/mol. The Morgan fingerprint density at radius 2 is 1.89 bits per heavy atom. The minimum absolute atomic E-state index is 0.0823. The van der Waals surface area contributed by atoms with Gasteiger partial charge in [-0.05, 0) is 75.4 Å². The Balaban J connectivity index is 2.02. The highest BCUT2D eigenvalue weighted by atomic mass is 79.9. The fourth-order valence-electron chi connectivity index (χ4n) is 2.93. The zero-order valence-corrected chi connectivity index (χ0v) is 17.8. The zero-order chi connectivity index (χ0) is 20.1. The van der Waals surface area contributed by atoms with Crippen molar-refractivity contribution in [2.75, 3.05) is 7.11 Å². The van der Waals surface area contributed by atoms with Crippen molar-refractivity contribution in [2.45, 2.75) is 26.4 Å². The summed E-state index contributed by atoms with van der Waals surface area (Å²) in [5, 5.41) is 12.0. The third-order valence-electron chi connectivity index (χ3n) is 4.64. The number of methoxy groups -OCH3 is 1. The Labute approximate surface area is 174 Å². The summed E-state index contributed by atoms with van der Waals surface area (Å²) >= 11 is 3.58. The highest BCUT2D eigenvalue weighted by molar-refractivity contribution is 9.10. The van der Waals surface area contributed by atoms with Crippen LogP contribution >= 0.6 is 15.9 Å². The van der Waals surface area contributed by atoms with Gasteiger partial charge in [-0.15, -0.1) is 0 Å². The molecule has 3 rings (SSSR count). The molecule has 0 bridgehead atoms. The number of hydrogen-bond donors (Lipinski definition) is 0. The summed E-state index contributed by atoms with van der Waals surface area (Å²) in [7, 11) is 1.62. The van der Waals surface area contributed by atoms with Crippen LogP contribution in [0.1, 0.15) is 31.4 Å². The third kappa shape index (κ3) is 4.37. The molecule has 3 aromatic rings. The molecule has 0 unspecified atom stereocenters. The second kappa shape index (κ2) is 8.95. The van der Waals surface area contributed by atoms with Crippen LogP contribution in [0, 0.1) is 11.3 Å². The number of hydrogen-bond acceptors (Lipinski definition) is 3. The van der Waals surface area contributed by atoms with E-state index >= 15 is 0 Å². The number of halogens is 1. The average Bonchev–Trinajstić information content (AvgIpc) is 2.73. The van der Waals surface area contributed by atoms with E-state index in [0.29, 0.717) is 17.1 Å². The standard InChI is InChI=1S/C24H22BrNO2/c1-4-16(2)28-24-22(25)12-17(13-23(24)27-3)11-21(15-26)20-10-9-18-7-5-6-8-19(18)14-20/h5-14,16H,4H2,1-3H3/b21-11-/t16-/m0/s1. The number of fused-ring (bicyclic) bond motifs is 1. The Kier molecular flexibility index (Phi) is 6.38. The maximum Gasteiger partial charge on any atom is 0.175 e. The molecule has 4 heteroatoms. The molecule has 0 aliphatic carbocycles. The maximum atomic E-state index is 9.73. The number of rotatable bonds is 6. The van der Waals surface area contributed by atoms with E-state index in [1.165, 1.54) is 0 Å². The average molecular weight is 436 g/mol. The van der Waals surface area contributed by atoms with Gasteiger partial charge in [-0.2, -0.15) is 5.26 Å². The van der Waals surface area contributed by atoms with Gasteiger partial charge in [-0.25, -0.2) is 0 Å². The van der Waals surface area contributed by atoms with E-state index in [0.717, 1.165) is 32.8 Å². The summed E-state index contributed by atoms with van der Waals surface area (Å²) in [6.07, 6.45) is 2.85. The van der Waals surface area contributed by atoms with Crippen molar-refractivity contribution in [3.63, 3.8) is 0 Å². The summed E-state index contributed by atoms with van der Waals surface area (Å²) < 4.78 is 12.3. The van der Waals surface area contributed by atoms with Crippen LogP contribution in [-0.4, -0.2) is 13.2 Å². The lowest BCUT2D eigenvalue weighted by Crippen LogP contribution is -2.11. The van der Waals surface area contributed by atoms with Crippen molar-refractivity contribution < 1.29 is 9.47 Å². The highest BCUT2D eigenvalue weighted by Crippen LogP contribution is 2.38. The van der Waals surface area contributed by atoms with E-state index in [-0.39, 0.29) is 6.10 Å². The molecule has 28 heavy (non-hydrogen) atoms. The molecular formula is C24H22BrNO2. The van der Waals surface area contributed by atoms with Crippen LogP contribution in [0.3, 0.4) is 0 Å². The van der Waals surface area contributed by atoms with Crippen molar-refractivity contribution in [3.8, 4) is 17.6 Å². The topological polar surface area (TPSA) is 42.2 Å². The Morgan fingerprint density at radius 1 is 1.14 bits per heavy atom. The molecule has 0 aliphatic rings. The van der Waals surface area contributed by atoms with Gasteiger partial charge in [0.1, 0.15) is 0 Å². The molecule has 0 saturated heterocycles. The SMILES string of the molecule is CC[C@H](C)Oc1c(Br)cc(/C=C(/C#N)c2ccc3ccccc3c2)cc1OC. The van der Waals surface area contributed by atoms with Gasteiger partial charge in [-0.3, -0.25) is 0 Å². The predicted octanol–water partition coefficient (Wildman–Crippen LogP) is 6.85. The highest BCUT2D eigenvalue weighted by Gasteiger charge is 2.14. The molecule has 142 valence electrons. The van der Waals surface area contributed by atoms with Crippen molar-refractivity contribution in [2.24, 2.45) is 0 Å². The molecule has 0 fully saturated rings. The minimum Gasteiger partial charge on any atom is -0.493 e. The number of nitrogens with zero attached hydrogens (tertiary/aromatic N) is 1. The first-order chi connectivity index (χ1) is 13.5. The molecule has 0 N–H and O–H groups in total. The monoisotopic (exact) mass is 435 g/mol. The molecule has 0 amide bonds. The van der Waals surface area contributed by atoms with Crippen molar-refractivity contribution in [3.05, 3.63) is 70.2 Å². The first-order valence-corrected chi connectivity index (χ1v) is 10.00. The maximum absolute atomic E-state index is 9.73. The van der Waals surface area contributed by atoms with Gasteiger partial charge in [0.15, 0.2) is 11.5 Å². The van der Waals surface area contributed by atoms with E-state index in [1.807, 2.05) is 55.5 Å². The smallest absolute Gasteiger partial charge is 0.175 e. The predicted molar refractivity (Wildman–Crippen MR) is 119 cm³/mol. The first kappa shape index (κ1) is 20.0. The fraction of sp³-hybridized carbons (Fsp3) is 0.208. The van der Waals surface area contributed by atoms with Gasteiger partial charge >= 0.3 is 0 Å². The largest absolute Gasteiger partial charge is 0.493 e. The van der Waals surface area contributed by atoms with Crippen LogP contribution in [-0.2, 0) is 0 Å². The van der Waals surface area contributed by atoms with Gasteiger partial charge in [0.05, 0.1) is 29.3 Å². The molecule has 0 spiro atoms. The molecule has 0 saturated carbocycles. The first-order valence-electron chi connectivity index (χ1n) is 9.20. The van der Waals surface area contributed by atoms with Gasteiger partial charge in [0.25, 0.3) is 0 Å². The molecule has 0 aromatic heterocycles. The number of allylic oxidation sites excluding steroid dienone is 1. The molecule has 3 aromatic carbocycles. The zero-order valence-electron chi connectivity index (χ0n) is 16.2. The lowest BCUT2D eigenvalue weighted by Gasteiger charge is -2.17. The molecule has 0 heterocycles. The van der Waals surface area contributed by atoms with E-state index in [4.69, 9.17) is 9.47 Å². The normalized spacial score (nSPS) is 12.5. The van der Waals surface area contributed by atoms with Crippen LogP contribution in [0.2, 0.25) is 0 Å². The van der Waals surface area contributed by atoms with Gasteiger partial charge in [0, 0.05) is 0 Å². The number of nitriles is 1. The van der Waals surface area contributed by atoms with Crippen molar-refractivity contribution >= 4 is 38.4 Å². The Morgan fingerprint density at radius 3 is 2.57 bits per heavy atom. The summed E-state index contributed by atoms with van der Waals surface area (Å²) in [6, 6.07) is 20.3. The summed E-state index contributed by atoms with van der Waals surface area (Å²) in [4.78, 5) is 0. The van der Waals surface area contributed by atoms with Crippen LogP contribution in [0.5, 0.6) is 11.5 Å². The third-order valence-corrected chi connectivity index (χ3v) is 5.23. The Hall–Kier alpha value is -2.77. The molecule has 1 atom stereocenters. The number of benzene rings is 3. The van der Waals surface area contributed by atoms with E-state index in [9.17, 15) is 5.26 Å². The summed E-state index contributed by atoms with van der Waals surface area (Å²) in [5.74, 6) is 1.31. The molecule has 3 nitrogen and oxygen atoms in total.